The van der Waals surface area contributed by atoms with E-state index in [2.05, 4.69) is 19.6 Å². The van der Waals surface area contributed by atoms with Crippen molar-refractivity contribution in [1.82, 2.24) is 4.57 Å². The summed E-state index contributed by atoms with van der Waals surface area (Å²) in [6.45, 7) is 10.2. The van der Waals surface area contributed by atoms with Gasteiger partial charge in [0.15, 0.2) is 6.29 Å². The van der Waals surface area contributed by atoms with Gasteiger partial charge >= 0.3 is 0 Å². The van der Waals surface area contributed by atoms with Crippen molar-refractivity contribution < 1.29 is 9.53 Å². The van der Waals surface area contributed by atoms with E-state index in [9.17, 15) is 4.79 Å². The lowest BCUT2D eigenvalue weighted by atomic mass is 10.3. The second-order valence-electron chi connectivity index (χ2n) is 5.38. The van der Waals surface area contributed by atoms with E-state index >= 15 is 0 Å². The summed E-state index contributed by atoms with van der Waals surface area (Å²) in [5.74, 6) is 0. The van der Waals surface area contributed by atoms with Gasteiger partial charge in [-0.1, -0.05) is 19.6 Å². The lowest BCUT2D eigenvalue weighted by Crippen LogP contribution is -2.22. The molecule has 0 atom stereocenters. The molecule has 90 valence electrons. The summed E-state index contributed by atoms with van der Waals surface area (Å²) in [5.41, 5.74) is 1.78. The predicted octanol–water partition coefficient (Wildman–Crippen LogP) is 2.92. The van der Waals surface area contributed by atoms with E-state index in [4.69, 9.17) is 4.74 Å². The molecule has 1 aromatic rings. The standard InChI is InChI=1S/C12H21NO2Si/c1-11-7-12(9-14)13(8-11)10-15-5-6-16(2,3)4/h7-9H,5-6,10H2,1-4H3. The molecule has 0 aliphatic rings. The maximum atomic E-state index is 10.8. The van der Waals surface area contributed by atoms with Crippen LogP contribution in [0.15, 0.2) is 12.3 Å². The highest BCUT2D eigenvalue weighted by atomic mass is 28.3. The van der Waals surface area contributed by atoms with Crippen molar-refractivity contribution in [2.75, 3.05) is 6.61 Å². The smallest absolute Gasteiger partial charge is 0.166 e. The van der Waals surface area contributed by atoms with Crippen molar-refractivity contribution in [3.8, 4) is 0 Å². The van der Waals surface area contributed by atoms with Crippen molar-refractivity contribution in [3.63, 3.8) is 0 Å². The molecule has 0 spiro atoms. The SMILES string of the molecule is Cc1cc(C=O)n(COCC[Si](C)(C)C)c1. The van der Waals surface area contributed by atoms with Crippen LogP contribution in [0.1, 0.15) is 16.1 Å². The number of aldehydes is 1. The Kier molecular flexibility index (Phi) is 4.50. The van der Waals surface area contributed by atoms with Gasteiger partial charge in [0.1, 0.15) is 6.73 Å². The number of hydrogen-bond acceptors (Lipinski definition) is 2. The highest BCUT2D eigenvalue weighted by Gasteiger charge is 2.12. The Balaban J connectivity index is 2.40. The van der Waals surface area contributed by atoms with E-state index in [0.29, 0.717) is 12.4 Å². The molecule has 0 fully saturated rings. The van der Waals surface area contributed by atoms with Crippen LogP contribution in [-0.2, 0) is 11.5 Å². The predicted molar refractivity (Wildman–Crippen MR) is 68.7 cm³/mol. The lowest BCUT2D eigenvalue weighted by Gasteiger charge is -2.15. The first-order chi connectivity index (χ1) is 7.42. The Morgan fingerprint density at radius 3 is 2.69 bits per heavy atom. The summed E-state index contributed by atoms with van der Waals surface area (Å²) in [6.07, 6.45) is 2.81. The number of carbonyl (C=O) groups excluding carboxylic acids is 1. The number of aromatic nitrogens is 1. The molecule has 1 rings (SSSR count). The molecule has 0 saturated carbocycles. The average Bonchev–Trinajstić information content (AvgIpc) is 2.52. The maximum Gasteiger partial charge on any atom is 0.166 e. The molecule has 0 unspecified atom stereocenters. The van der Waals surface area contributed by atoms with Crippen LogP contribution in [0.4, 0.5) is 0 Å². The van der Waals surface area contributed by atoms with Gasteiger partial charge in [-0.3, -0.25) is 4.79 Å². The van der Waals surface area contributed by atoms with Crippen molar-refractivity contribution in [2.45, 2.75) is 39.3 Å². The number of rotatable bonds is 6. The lowest BCUT2D eigenvalue weighted by molar-refractivity contribution is 0.0837. The Bertz CT molecular complexity index is 352. The summed E-state index contributed by atoms with van der Waals surface area (Å²) in [5, 5.41) is 0. The maximum absolute atomic E-state index is 10.8. The zero-order valence-corrected chi connectivity index (χ0v) is 11.6. The van der Waals surface area contributed by atoms with Gasteiger partial charge < -0.3 is 9.30 Å². The first kappa shape index (κ1) is 13.2. The average molecular weight is 239 g/mol. The van der Waals surface area contributed by atoms with Crippen molar-refractivity contribution in [2.24, 2.45) is 0 Å². The van der Waals surface area contributed by atoms with Gasteiger partial charge in [-0.05, 0) is 24.6 Å². The minimum absolute atomic E-state index is 0.479. The van der Waals surface area contributed by atoms with Gasteiger partial charge in [0.25, 0.3) is 0 Å². The topological polar surface area (TPSA) is 31.2 Å². The molecule has 0 radical (unpaired) electrons. The van der Waals surface area contributed by atoms with Gasteiger partial charge in [-0.2, -0.15) is 0 Å². The van der Waals surface area contributed by atoms with Crippen LogP contribution in [0.2, 0.25) is 25.7 Å². The van der Waals surface area contributed by atoms with Crippen molar-refractivity contribution in [3.05, 3.63) is 23.5 Å². The molecule has 0 bridgehead atoms. The zero-order valence-electron chi connectivity index (χ0n) is 10.6. The fraction of sp³-hybridized carbons (Fsp3) is 0.583. The van der Waals surface area contributed by atoms with E-state index in [1.165, 1.54) is 0 Å². The summed E-state index contributed by atoms with van der Waals surface area (Å²) in [7, 11) is -1.02. The normalized spacial score (nSPS) is 11.8. The van der Waals surface area contributed by atoms with Crippen LogP contribution < -0.4 is 0 Å². The Labute approximate surface area is 98.4 Å². The summed E-state index contributed by atoms with van der Waals surface area (Å²) in [6, 6.07) is 3.03. The first-order valence-electron chi connectivity index (χ1n) is 5.62. The van der Waals surface area contributed by atoms with E-state index in [0.717, 1.165) is 24.5 Å². The highest BCUT2D eigenvalue weighted by Crippen LogP contribution is 2.09. The van der Waals surface area contributed by atoms with Gasteiger partial charge in [-0.25, -0.2) is 0 Å². The first-order valence-corrected chi connectivity index (χ1v) is 9.33. The number of nitrogens with zero attached hydrogens (tertiary/aromatic N) is 1. The van der Waals surface area contributed by atoms with Crippen molar-refractivity contribution >= 4 is 14.4 Å². The third-order valence-electron chi connectivity index (χ3n) is 2.41. The van der Waals surface area contributed by atoms with Gasteiger partial charge in [0.05, 0.1) is 5.69 Å². The summed E-state index contributed by atoms with van der Waals surface area (Å²) in [4.78, 5) is 10.8. The minimum atomic E-state index is -1.02. The quantitative estimate of drug-likeness (QED) is 0.434. The summed E-state index contributed by atoms with van der Waals surface area (Å²) < 4.78 is 7.44. The third kappa shape index (κ3) is 4.33. The van der Waals surface area contributed by atoms with Crippen LogP contribution in [0.5, 0.6) is 0 Å². The van der Waals surface area contributed by atoms with Crippen molar-refractivity contribution in [1.29, 1.82) is 0 Å². The molecule has 0 amide bonds. The molecule has 0 saturated heterocycles. The molecule has 1 aromatic heterocycles. The second-order valence-corrected chi connectivity index (χ2v) is 11.0. The molecule has 0 aliphatic heterocycles. The van der Waals surface area contributed by atoms with Crippen LogP contribution in [0.3, 0.4) is 0 Å². The Morgan fingerprint density at radius 2 is 2.12 bits per heavy atom. The number of carbonyl (C=O) groups is 1. The summed E-state index contributed by atoms with van der Waals surface area (Å²) >= 11 is 0. The molecule has 0 N–H and O–H groups in total. The fourth-order valence-electron chi connectivity index (χ4n) is 1.43. The van der Waals surface area contributed by atoms with E-state index in [1.54, 1.807) is 0 Å². The molecule has 0 aliphatic carbocycles. The van der Waals surface area contributed by atoms with Gasteiger partial charge in [-0.15, -0.1) is 0 Å². The molecule has 3 nitrogen and oxygen atoms in total. The van der Waals surface area contributed by atoms with Crippen LogP contribution in [-0.4, -0.2) is 25.5 Å². The highest BCUT2D eigenvalue weighted by molar-refractivity contribution is 6.76. The fourth-order valence-corrected chi connectivity index (χ4v) is 2.19. The van der Waals surface area contributed by atoms with Crippen LogP contribution >= 0.6 is 0 Å². The monoisotopic (exact) mass is 239 g/mol. The second kappa shape index (κ2) is 5.45. The zero-order chi connectivity index (χ0) is 12.2. The molecule has 0 aromatic carbocycles. The molecular weight excluding hydrogens is 218 g/mol. The number of hydrogen-bond donors (Lipinski definition) is 0. The van der Waals surface area contributed by atoms with Gasteiger partial charge in [0, 0.05) is 20.9 Å². The molecule has 4 heteroatoms. The molecule has 16 heavy (non-hydrogen) atoms. The molecular formula is C12H21NO2Si. The van der Waals surface area contributed by atoms with E-state index in [-0.39, 0.29) is 0 Å². The van der Waals surface area contributed by atoms with Crippen LogP contribution in [0.25, 0.3) is 0 Å². The number of ether oxygens (including phenoxy) is 1. The Morgan fingerprint density at radius 1 is 1.44 bits per heavy atom. The van der Waals surface area contributed by atoms with Crippen LogP contribution in [0, 0.1) is 6.92 Å². The third-order valence-corrected chi connectivity index (χ3v) is 4.12. The Hall–Kier alpha value is -0.873. The van der Waals surface area contributed by atoms with E-state index < -0.39 is 8.07 Å². The minimum Gasteiger partial charge on any atom is -0.361 e. The largest absolute Gasteiger partial charge is 0.361 e. The van der Waals surface area contributed by atoms with E-state index in [1.807, 2.05) is 23.8 Å². The number of aryl methyl sites for hydroxylation is 1. The molecule has 1 heterocycles. The van der Waals surface area contributed by atoms with Gasteiger partial charge in [0.2, 0.25) is 0 Å².